The van der Waals surface area contributed by atoms with Gasteiger partial charge in [-0.2, -0.15) is 0 Å². The predicted octanol–water partition coefficient (Wildman–Crippen LogP) is 1.59. The number of anilines is 1. The van der Waals surface area contributed by atoms with Crippen LogP contribution < -0.4 is 4.90 Å². The second kappa shape index (κ2) is 4.32. The molecule has 1 amide bonds. The first kappa shape index (κ1) is 12.4. The quantitative estimate of drug-likeness (QED) is 0.609. The van der Waals surface area contributed by atoms with Crippen LogP contribution in [-0.4, -0.2) is 23.9 Å². The second-order valence-electron chi connectivity index (χ2n) is 4.16. The van der Waals surface area contributed by atoms with E-state index >= 15 is 0 Å². The van der Waals surface area contributed by atoms with E-state index in [0.29, 0.717) is 0 Å². The minimum atomic E-state index is -0.935. The average molecular weight is 256 g/mol. The SMILES string of the molecule is CN(C(=O)C1CC1[N+](=O)[O-])c1c(F)cccc1F. The molecule has 1 aliphatic carbocycles. The number of hydrogen-bond donors (Lipinski definition) is 0. The highest BCUT2D eigenvalue weighted by atomic mass is 19.1. The zero-order valence-corrected chi connectivity index (χ0v) is 9.47. The van der Waals surface area contributed by atoms with Gasteiger partial charge in [-0.15, -0.1) is 0 Å². The predicted molar refractivity (Wildman–Crippen MR) is 58.7 cm³/mol. The molecular formula is C11H10F2N2O3. The number of carbonyl (C=O) groups excluding carboxylic acids is 1. The Morgan fingerprint density at radius 2 is 2.00 bits per heavy atom. The number of nitrogens with zero attached hydrogens (tertiary/aromatic N) is 2. The minimum absolute atomic E-state index is 0.117. The van der Waals surface area contributed by atoms with Gasteiger partial charge in [0.25, 0.3) is 0 Å². The van der Waals surface area contributed by atoms with Crippen LogP contribution in [0.2, 0.25) is 0 Å². The lowest BCUT2D eigenvalue weighted by Gasteiger charge is -2.18. The maximum Gasteiger partial charge on any atom is 0.237 e. The van der Waals surface area contributed by atoms with Gasteiger partial charge in [-0.25, -0.2) is 8.78 Å². The van der Waals surface area contributed by atoms with E-state index in [0.717, 1.165) is 17.0 Å². The summed E-state index contributed by atoms with van der Waals surface area (Å²) in [6.07, 6.45) is 0.117. The molecule has 0 radical (unpaired) electrons. The minimum Gasteiger partial charge on any atom is -0.310 e. The summed E-state index contributed by atoms with van der Waals surface area (Å²) in [6.45, 7) is 0. The molecule has 96 valence electrons. The molecule has 1 fully saturated rings. The molecule has 0 bridgehead atoms. The van der Waals surface area contributed by atoms with E-state index in [9.17, 15) is 23.7 Å². The lowest BCUT2D eigenvalue weighted by molar-refractivity contribution is -0.497. The van der Waals surface area contributed by atoms with Crippen molar-refractivity contribution in [3.63, 3.8) is 0 Å². The second-order valence-corrected chi connectivity index (χ2v) is 4.16. The van der Waals surface area contributed by atoms with Crippen LogP contribution in [0.25, 0.3) is 0 Å². The summed E-state index contributed by atoms with van der Waals surface area (Å²) in [6, 6.07) is 2.30. The van der Waals surface area contributed by atoms with Crippen molar-refractivity contribution in [1.29, 1.82) is 0 Å². The number of carbonyl (C=O) groups is 1. The van der Waals surface area contributed by atoms with Crippen LogP contribution >= 0.6 is 0 Å². The third-order valence-electron chi connectivity index (χ3n) is 2.95. The zero-order chi connectivity index (χ0) is 13.4. The molecule has 0 aliphatic heterocycles. The molecule has 1 aromatic rings. The van der Waals surface area contributed by atoms with E-state index in [2.05, 4.69) is 0 Å². The summed E-state index contributed by atoms with van der Waals surface area (Å²) in [5.41, 5.74) is -0.475. The van der Waals surface area contributed by atoms with Crippen LogP contribution in [0, 0.1) is 27.7 Å². The monoisotopic (exact) mass is 256 g/mol. The average Bonchev–Trinajstić information content (AvgIpc) is 3.07. The van der Waals surface area contributed by atoms with E-state index in [4.69, 9.17) is 0 Å². The number of amides is 1. The van der Waals surface area contributed by atoms with Gasteiger partial charge in [0.15, 0.2) is 0 Å². The van der Waals surface area contributed by atoms with Crippen LogP contribution in [0.15, 0.2) is 18.2 Å². The Morgan fingerprint density at radius 3 is 2.44 bits per heavy atom. The maximum atomic E-state index is 13.4. The van der Waals surface area contributed by atoms with Gasteiger partial charge in [0.05, 0.1) is 0 Å². The Labute approximate surface area is 101 Å². The topological polar surface area (TPSA) is 63.5 Å². The first-order valence-corrected chi connectivity index (χ1v) is 5.28. The highest BCUT2D eigenvalue weighted by molar-refractivity contribution is 5.96. The Bertz CT molecular complexity index is 501. The molecule has 0 aromatic heterocycles. The van der Waals surface area contributed by atoms with Crippen LogP contribution in [0.4, 0.5) is 14.5 Å². The molecule has 0 spiro atoms. The molecule has 1 aliphatic rings. The van der Waals surface area contributed by atoms with Gasteiger partial charge in [-0.3, -0.25) is 14.9 Å². The number of hydrogen-bond acceptors (Lipinski definition) is 3. The molecule has 0 heterocycles. The summed E-state index contributed by atoms with van der Waals surface area (Å²) >= 11 is 0. The maximum absolute atomic E-state index is 13.4. The van der Waals surface area contributed by atoms with Gasteiger partial charge in [0.2, 0.25) is 11.9 Å². The van der Waals surface area contributed by atoms with Crippen LogP contribution in [0.3, 0.4) is 0 Å². The zero-order valence-electron chi connectivity index (χ0n) is 9.47. The van der Waals surface area contributed by atoms with E-state index in [1.165, 1.54) is 13.1 Å². The van der Waals surface area contributed by atoms with Crippen molar-refractivity contribution in [1.82, 2.24) is 0 Å². The fraction of sp³-hybridized carbons (Fsp3) is 0.364. The summed E-state index contributed by atoms with van der Waals surface area (Å²) in [5.74, 6) is -3.17. The lowest BCUT2D eigenvalue weighted by Crippen LogP contribution is -2.31. The fourth-order valence-electron chi connectivity index (χ4n) is 1.85. The summed E-state index contributed by atoms with van der Waals surface area (Å²) in [7, 11) is 1.21. The molecule has 2 atom stereocenters. The Balaban J connectivity index is 2.20. The number of halogens is 2. The number of benzene rings is 1. The van der Waals surface area contributed by atoms with Crippen LogP contribution in [0.5, 0.6) is 0 Å². The van der Waals surface area contributed by atoms with Crippen LogP contribution in [-0.2, 0) is 4.79 Å². The van der Waals surface area contributed by atoms with E-state index in [1.54, 1.807) is 0 Å². The molecule has 2 unspecified atom stereocenters. The summed E-state index contributed by atoms with van der Waals surface area (Å²) in [5, 5.41) is 10.5. The van der Waals surface area contributed by atoms with Gasteiger partial charge in [0.1, 0.15) is 23.2 Å². The fourth-order valence-corrected chi connectivity index (χ4v) is 1.85. The third kappa shape index (κ3) is 2.03. The number of nitro groups is 1. The molecule has 5 nitrogen and oxygen atoms in total. The van der Waals surface area contributed by atoms with Crippen molar-refractivity contribution >= 4 is 11.6 Å². The Morgan fingerprint density at radius 1 is 1.44 bits per heavy atom. The molecule has 2 rings (SSSR count). The molecule has 1 aromatic carbocycles. The first-order chi connectivity index (χ1) is 8.43. The van der Waals surface area contributed by atoms with Crippen LogP contribution in [0.1, 0.15) is 6.42 Å². The third-order valence-corrected chi connectivity index (χ3v) is 2.95. The van der Waals surface area contributed by atoms with E-state index < -0.39 is 40.1 Å². The highest BCUT2D eigenvalue weighted by Gasteiger charge is 2.54. The lowest BCUT2D eigenvalue weighted by atomic mass is 10.2. The number of para-hydroxylation sites is 1. The van der Waals surface area contributed by atoms with E-state index in [-0.39, 0.29) is 6.42 Å². The van der Waals surface area contributed by atoms with Crippen molar-refractivity contribution in [3.05, 3.63) is 39.9 Å². The van der Waals surface area contributed by atoms with Gasteiger partial charge in [0, 0.05) is 18.4 Å². The number of rotatable bonds is 3. The van der Waals surface area contributed by atoms with Gasteiger partial charge in [-0.05, 0) is 12.1 Å². The van der Waals surface area contributed by atoms with Gasteiger partial charge < -0.3 is 4.90 Å². The normalized spacial score (nSPS) is 21.5. The summed E-state index contributed by atoms with van der Waals surface area (Å²) in [4.78, 5) is 22.5. The molecular weight excluding hydrogens is 246 g/mol. The molecule has 1 saturated carbocycles. The van der Waals surface area contributed by atoms with Crippen molar-refractivity contribution in [2.24, 2.45) is 5.92 Å². The van der Waals surface area contributed by atoms with Crippen molar-refractivity contribution in [2.45, 2.75) is 12.5 Å². The molecule has 0 saturated heterocycles. The molecule has 7 heteroatoms. The largest absolute Gasteiger partial charge is 0.310 e. The van der Waals surface area contributed by atoms with Crippen molar-refractivity contribution in [2.75, 3.05) is 11.9 Å². The molecule has 18 heavy (non-hydrogen) atoms. The Kier molecular flexibility index (Phi) is 2.98. The summed E-state index contributed by atoms with van der Waals surface area (Å²) < 4.78 is 26.9. The van der Waals surface area contributed by atoms with E-state index in [1.807, 2.05) is 0 Å². The van der Waals surface area contributed by atoms with Crippen molar-refractivity contribution in [3.8, 4) is 0 Å². The van der Waals surface area contributed by atoms with Gasteiger partial charge in [-0.1, -0.05) is 6.07 Å². The smallest absolute Gasteiger partial charge is 0.237 e. The van der Waals surface area contributed by atoms with Crippen molar-refractivity contribution < 1.29 is 18.5 Å². The highest BCUT2D eigenvalue weighted by Crippen LogP contribution is 2.36. The Hall–Kier alpha value is -2.05. The molecule has 0 N–H and O–H groups in total. The van der Waals surface area contributed by atoms with Gasteiger partial charge >= 0.3 is 0 Å². The first-order valence-electron chi connectivity index (χ1n) is 5.28. The standard InChI is InChI=1S/C11H10F2N2O3/c1-14(10-7(12)3-2-4-8(10)13)11(16)6-5-9(6)15(17)18/h2-4,6,9H,5H2,1H3.